The van der Waals surface area contributed by atoms with Crippen molar-refractivity contribution in [1.29, 1.82) is 0 Å². The van der Waals surface area contributed by atoms with Crippen molar-refractivity contribution in [3.8, 4) is 11.4 Å². The van der Waals surface area contributed by atoms with Crippen LogP contribution in [-0.2, 0) is 6.18 Å². The molecule has 3 aromatic rings. The molecular formula is C25H27F3N4O2. The predicted molar refractivity (Wildman–Crippen MR) is 124 cm³/mol. The molecule has 4 rings (SSSR count). The predicted octanol–water partition coefficient (Wildman–Crippen LogP) is 4.92. The van der Waals surface area contributed by atoms with Crippen LogP contribution in [0, 0.1) is 13.8 Å². The minimum atomic E-state index is -4.40. The fourth-order valence-electron chi connectivity index (χ4n) is 4.38. The first kappa shape index (κ1) is 23.7. The summed E-state index contributed by atoms with van der Waals surface area (Å²) in [6, 6.07) is 12.0. The van der Waals surface area contributed by atoms with Gasteiger partial charge in [0.1, 0.15) is 11.6 Å². The molecule has 6 nitrogen and oxygen atoms in total. The Labute approximate surface area is 196 Å². The first-order valence-electron chi connectivity index (χ1n) is 11.1. The summed E-state index contributed by atoms with van der Waals surface area (Å²) in [5.41, 5.74) is 2.63. The summed E-state index contributed by atoms with van der Waals surface area (Å²) in [6.07, 6.45) is -2.16. The fourth-order valence-corrected chi connectivity index (χ4v) is 4.38. The topological polar surface area (TPSA) is 59.4 Å². The number of methoxy groups -OCH3 is 1. The number of hydrogen-bond donors (Lipinski definition) is 1. The van der Waals surface area contributed by atoms with E-state index in [0.717, 1.165) is 35.1 Å². The van der Waals surface area contributed by atoms with Crippen LogP contribution >= 0.6 is 0 Å². The number of nitrogens with one attached hydrogen (secondary N) is 1. The van der Waals surface area contributed by atoms with Gasteiger partial charge in [-0.1, -0.05) is 0 Å². The average Bonchev–Trinajstić information content (AvgIpc) is 3.13. The Bertz CT molecular complexity index is 1150. The molecule has 0 aliphatic carbocycles. The molecule has 1 aliphatic rings. The van der Waals surface area contributed by atoms with Gasteiger partial charge >= 0.3 is 6.18 Å². The van der Waals surface area contributed by atoms with Crippen LogP contribution in [0.25, 0.3) is 5.69 Å². The second-order valence-corrected chi connectivity index (χ2v) is 8.46. The molecule has 0 radical (unpaired) electrons. The summed E-state index contributed by atoms with van der Waals surface area (Å²) in [6.45, 7) is 5.09. The van der Waals surface area contributed by atoms with E-state index in [1.54, 1.807) is 7.11 Å². The number of anilines is 1. The largest absolute Gasteiger partial charge is 0.497 e. The van der Waals surface area contributed by atoms with Gasteiger partial charge in [0.15, 0.2) is 0 Å². The molecule has 0 atom stereocenters. The molecule has 2 aromatic heterocycles. The molecule has 1 saturated heterocycles. The van der Waals surface area contributed by atoms with E-state index < -0.39 is 11.7 Å². The molecule has 180 valence electrons. The Balaban J connectivity index is 1.39. The molecule has 0 spiro atoms. The van der Waals surface area contributed by atoms with E-state index in [1.165, 1.54) is 6.07 Å². The fraction of sp³-hybridized carbons (Fsp3) is 0.360. The van der Waals surface area contributed by atoms with Crippen LogP contribution in [0.2, 0.25) is 0 Å². The number of aromatic nitrogens is 2. The lowest BCUT2D eigenvalue weighted by Gasteiger charge is -2.33. The van der Waals surface area contributed by atoms with Gasteiger partial charge in [0.2, 0.25) is 0 Å². The molecular weight excluding hydrogens is 445 g/mol. The number of alkyl halides is 3. The van der Waals surface area contributed by atoms with Crippen LogP contribution in [0.15, 0.2) is 48.7 Å². The van der Waals surface area contributed by atoms with Crippen molar-refractivity contribution in [2.45, 2.75) is 38.9 Å². The number of piperidine rings is 1. The summed E-state index contributed by atoms with van der Waals surface area (Å²) in [5.74, 6) is 1.15. The first-order chi connectivity index (χ1) is 16.2. The normalized spacial score (nSPS) is 14.8. The Morgan fingerprint density at radius 1 is 1.09 bits per heavy atom. The van der Waals surface area contributed by atoms with Crippen LogP contribution in [0.4, 0.5) is 19.0 Å². The summed E-state index contributed by atoms with van der Waals surface area (Å²) >= 11 is 0. The highest BCUT2D eigenvalue weighted by Crippen LogP contribution is 2.30. The Kier molecular flexibility index (Phi) is 6.54. The quantitative estimate of drug-likeness (QED) is 0.573. The van der Waals surface area contributed by atoms with Crippen molar-refractivity contribution < 1.29 is 22.7 Å². The zero-order chi connectivity index (χ0) is 24.5. The van der Waals surface area contributed by atoms with E-state index in [2.05, 4.69) is 10.3 Å². The van der Waals surface area contributed by atoms with Crippen molar-refractivity contribution >= 4 is 11.7 Å². The number of amides is 1. The molecule has 0 saturated carbocycles. The molecule has 1 N–H and O–H groups in total. The van der Waals surface area contributed by atoms with Crippen LogP contribution in [0.5, 0.6) is 5.75 Å². The summed E-state index contributed by atoms with van der Waals surface area (Å²) in [4.78, 5) is 19.0. The van der Waals surface area contributed by atoms with E-state index in [-0.39, 0.29) is 11.9 Å². The van der Waals surface area contributed by atoms with Crippen LogP contribution in [0.1, 0.15) is 40.2 Å². The molecule has 1 aliphatic heterocycles. The maximum atomic E-state index is 13.0. The molecule has 0 unspecified atom stereocenters. The third kappa shape index (κ3) is 4.88. The maximum Gasteiger partial charge on any atom is 0.417 e. The summed E-state index contributed by atoms with van der Waals surface area (Å²) in [7, 11) is 1.62. The van der Waals surface area contributed by atoms with Gasteiger partial charge in [-0.05, 0) is 69.2 Å². The van der Waals surface area contributed by atoms with E-state index >= 15 is 0 Å². The zero-order valence-electron chi connectivity index (χ0n) is 19.3. The Morgan fingerprint density at radius 3 is 2.32 bits per heavy atom. The minimum absolute atomic E-state index is 0.0118. The van der Waals surface area contributed by atoms with Gasteiger partial charge in [-0.25, -0.2) is 4.98 Å². The van der Waals surface area contributed by atoms with Crippen molar-refractivity contribution in [3.05, 3.63) is 71.2 Å². The monoisotopic (exact) mass is 472 g/mol. The molecule has 0 bridgehead atoms. The lowest BCUT2D eigenvalue weighted by atomic mass is 10.0. The van der Waals surface area contributed by atoms with Gasteiger partial charge in [0.05, 0.1) is 18.2 Å². The van der Waals surface area contributed by atoms with E-state index in [0.29, 0.717) is 37.3 Å². The number of carbonyl (C=O) groups excluding carboxylic acids is 1. The van der Waals surface area contributed by atoms with Gasteiger partial charge in [0, 0.05) is 42.4 Å². The molecule has 1 amide bonds. The van der Waals surface area contributed by atoms with Crippen molar-refractivity contribution in [2.24, 2.45) is 0 Å². The number of carbonyl (C=O) groups is 1. The Hall–Kier alpha value is -3.49. The lowest BCUT2D eigenvalue weighted by Crippen LogP contribution is -2.45. The van der Waals surface area contributed by atoms with Crippen molar-refractivity contribution in [2.75, 3.05) is 25.1 Å². The number of nitrogens with zero attached hydrogens (tertiary/aromatic N) is 3. The highest BCUT2D eigenvalue weighted by Gasteiger charge is 2.31. The Morgan fingerprint density at radius 2 is 1.76 bits per heavy atom. The van der Waals surface area contributed by atoms with Gasteiger partial charge in [-0.2, -0.15) is 13.2 Å². The number of ether oxygens (including phenoxy) is 1. The van der Waals surface area contributed by atoms with E-state index in [1.807, 2.05) is 53.6 Å². The number of aryl methyl sites for hydroxylation is 1. The van der Waals surface area contributed by atoms with E-state index in [9.17, 15) is 18.0 Å². The number of rotatable bonds is 5. The molecule has 1 aromatic carbocycles. The highest BCUT2D eigenvalue weighted by atomic mass is 19.4. The number of benzene rings is 1. The third-order valence-electron chi connectivity index (χ3n) is 6.24. The maximum absolute atomic E-state index is 13.0. The number of halogens is 3. The SMILES string of the molecule is COc1ccc(-n2c(C)cc(C(=O)NC3CCN(c4ccc(C(F)(F)F)cn4)CC3)c2C)cc1. The number of pyridine rings is 1. The molecule has 9 heteroatoms. The van der Waals surface area contributed by atoms with Crippen LogP contribution in [0.3, 0.4) is 0 Å². The van der Waals surface area contributed by atoms with Crippen LogP contribution in [-0.4, -0.2) is 41.7 Å². The number of hydrogen-bond acceptors (Lipinski definition) is 4. The average molecular weight is 473 g/mol. The van der Waals surface area contributed by atoms with Gasteiger partial charge in [0.25, 0.3) is 5.91 Å². The zero-order valence-corrected chi connectivity index (χ0v) is 19.3. The summed E-state index contributed by atoms with van der Waals surface area (Å²) < 4.78 is 45.5. The van der Waals surface area contributed by atoms with Crippen LogP contribution < -0.4 is 15.0 Å². The van der Waals surface area contributed by atoms with Gasteiger partial charge in [-0.15, -0.1) is 0 Å². The second-order valence-electron chi connectivity index (χ2n) is 8.46. The van der Waals surface area contributed by atoms with E-state index in [4.69, 9.17) is 4.74 Å². The molecule has 1 fully saturated rings. The van der Waals surface area contributed by atoms with Gasteiger partial charge < -0.3 is 19.5 Å². The van der Waals surface area contributed by atoms with Crippen molar-refractivity contribution in [1.82, 2.24) is 14.9 Å². The highest BCUT2D eigenvalue weighted by molar-refractivity contribution is 5.96. The second kappa shape index (κ2) is 9.40. The molecule has 34 heavy (non-hydrogen) atoms. The smallest absolute Gasteiger partial charge is 0.417 e. The standard InChI is InChI=1S/C25H27F3N4O2/c1-16-14-22(17(2)32(16)20-5-7-21(34-3)8-6-20)24(33)30-19-10-12-31(13-11-19)23-9-4-18(15-29-23)25(26,27)28/h4-9,14-15,19H,10-13H2,1-3H3,(H,30,33). The first-order valence-corrected chi connectivity index (χ1v) is 11.1. The summed E-state index contributed by atoms with van der Waals surface area (Å²) in [5, 5.41) is 3.12. The third-order valence-corrected chi connectivity index (χ3v) is 6.24. The van der Waals surface area contributed by atoms with Gasteiger partial charge in [-0.3, -0.25) is 4.79 Å². The minimum Gasteiger partial charge on any atom is -0.497 e. The lowest BCUT2D eigenvalue weighted by molar-refractivity contribution is -0.137. The molecule has 3 heterocycles. The van der Waals surface area contributed by atoms with Crippen molar-refractivity contribution in [3.63, 3.8) is 0 Å².